The number of nitrogens with two attached hydrogens (primary N) is 1. The third kappa shape index (κ3) is 2.57. The Morgan fingerprint density at radius 2 is 1.11 bits per heavy atom. The molecule has 2 aromatic rings. The van der Waals surface area contributed by atoms with Crippen molar-refractivity contribution >= 4 is 0 Å². The monoisotopic (exact) mass is 253 g/mol. The molecule has 0 fully saturated rings. The van der Waals surface area contributed by atoms with Gasteiger partial charge < -0.3 is 5.73 Å². The third-order valence-electron chi connectivity index (χ3n) is 3.88. The highest BCUT2D eigenvalue weighted by Crippen LogP contribution is 2.31. The Bertz CT molecular complexity index is 556. The second-order valence-corrected chi connectivity index (χ2v) is 5.84. The van der Waals surface area contributed by atoms with Crippen molar-refractivity contribution in [3.63, 3.8) is 0 Å². The lowest BCUT2D eigenvalue weighted by Crippen LogP contribution is -2.35. The smallest absolute Gasteiger partial charge is 0.0642 e. The molecule has 0 spiro atoms. The Kier molecular flexibility index (Phi) is 3.51. The Hall–Kier alpha value is -1.60. The molecule has 0 radical (unpaired) electrons. The summed E-state index contributed by atoms with van der Waals surface area (Å²) in [6.45, 7) is 10.6. The lowest BCUT2D eigenvalue weighted by Gasteiger charge is -2.29. The van der Waals surface area contributed by atoms with Crippen LogP contribution in [-0.4, -0.2) is 0 Å². The average Bonchev–Trinajstić information content (AvgIpc) is 2.27. The summed E-state index contributed by atoms with van der Waals surface area (Å²) in [6, 6.07) is 13.0. The van der Waals surface area contributed by atoms with Crippen molar-refractivity contribution in [3.8, 4) is 0 Å². The van der Waals surface area contributed by atoms with E-state index < -0.39 is 5.54 Å². The molecule has 0 aromatic heterocycles. The Balaban J connectivity index is 2.58. The Morgan fingerprint density at radius 1 is 0.737 bits per heavy atom. The normalized spacial score (nSPS) is 11.7. The summed E-state index contributed by atoms with van der Waals surface area (Å²) >= 11 is 0. The summed E-state index contributed by atoms with van der Waals surface area (Å²) in [7, 11) is 0. The maximum absolute atomic E-state index is 6.66. The van der Waals surface area contributed by atoms with Crippen molar-refractivity contribution in [3.05, 3.63) is 69.8 Å². The molecule has 0 aliphatic carbocycles. The molecular formula is C18H23N. The van der Waals surface area contributed by atoms with Crippen LogP contribution in [0.2, 0.25) is 0 Å². The van der Waals surface area contributed by atoms with Crippen LogP contribution < -0.4 is 5.73 Å². The molecule has 0 bridgehead atoms. The van der Waals surface area contributed by atoms with Gasteiger partial charge in [0.1, 0.15) is 0 Å². The highest BCUT2D eigenvalue weighted by Gasteiger charge is 2.26. The van der Waals surface area contributed by atoms with Crippen molar-refractivity contribution in [2.24, 2.45) is 5.73 Å². The van der Waals surface area contributed by atoms with Crippen LogP contribution in [0.25, 0.3) is 0 Å². The molecule has 0 heterocycles. The van der Waals surface area contributed by atoms with Crippen molar-refractivity contribution in [1.29, 1.82) is 0 Å². The summed E-state index contributed by atoms with van der Waals surface area (Å²) in [5.41, 5.74) is 13.7. The number of hydrogen-bond donors (Lipinski definition) is 1. The minimum absolute atomic E-state index is 0.449. The first-order valence-electron chi connectivity index (χ1n) is 6.76. The zero-order valence-corrected chi connectivity index (χ0v) is 12.5. The van der Waals surface area contributed by atoms with E-state index in [9.17, 15) is 0 Å². The van der Waals surface area contributed by atoms with E-state index in [1.807, 2.05) is 0 Å². The summed E-state index contributed by atoms with van der Waals surface area (Å²) in [5.74, 6) is 0. The minimum Gasteiger partial charge on any atom is -0.318 e. The van der Waals surface area contributed by atoms with Gasteiger partial charge in [-0.15, -0.1) is 0 Å². The standard InChI is InChI=1S/C18H23N/c1-12-6-8-16(14(3)10-12)18(5,19)17-9-7-13(2)11-15(17)4/h6-11H,19H2,1-5H3. The zero-order chi connectivity index (χ0) is 14.2. The topological polar surface area (TPSA) is 26.0 Å². The molecule has 0 unspecified atom stereocenters. The lowest BCUT2D eigenvalue weighted by atomic mass is 9.80. The molecule has 19 heavy (non-hydrogen) atoms. The van der Waals surface area contributed by atoms with E-state index in [2.05, 4.69) is 71.0 Å². The molecule has 0 aliphatic heterocycles. The molecule has 100 valence electrons. The van der Waals surface area contributed by atoms with Crippen LogP contribution in [0.1, 0.15) is 40.3 Å². The zero-order valence-electron chi connectivity index (χ0n) is 12.5. The van der Waals surface area contributed by atoms with Gasteiger partial charge in [0.2, 0.25) is 0 Å². The molecule has 0 aliphatic rings. The van der Waals surface area contributed by atoms with Gasteiger partial charge in [0.25, 0.3) is 0 Å². The van der Waals surface area contributed by atoms with Crippen LogP contribution in [0.4, 0.5) is 0 Å². The van der Waals surface area contributed by atoms with Crippen molar-refractivity contribution in [1.82, 2.24) is 0 Å². The number of aryl methyl sites for hydroxylation is 4. The molecule has 2 rings (SSSR count). The minimum atomic E-state index is -0.449. The first kappa shape index (κ1) is 13.8. The van der Waals surface area contributed by atoms with Crippen molar-refractivity contribution < 1.29 is 0 Å². The summed E-state index contributed by atoms with van der Waals surface area (Å²) in [4.78, 5) is 0. The predicted octanol–water partition coefficient (Wildman–Crippen LogP) is 4.14. The SMILES string of the molecule is Cc1ccc(C(C)(N)c2ccc(C)cc2C)c(C)c1. The number of rotatable bonds is 2. The van der Waals surface area contributed by atoms with Gasteiger partial charge in [-0.3, -0.25) is 0 Å². The van der Waals surface area contributed by atoms with Crippen molar-refractivity contribution in [2.45, 2.75) is 40.2 Å². The summed E-state index contributed by atoms with van der Waals surface area (Å²) < 4.78 is 0. The third-order valence-corrected chi connectivity index (χ3v) is 3.88. The lowest BCUT2D eigenvalue weighted by molar-refractivity contribution is 0.594. The van der Waals surface area contributed by atoms with Crippen LogP contribution >= 0.6 is 0 Å². The van der Waals surface area contributed by atoms with Gasteiger partial charge >= 0.3 is 0 Å². The van der Waals surface area contributed by atoms with E-state index in [4.69, 9.17) is 5.73 Å². The maximum Gasteiger partial charge on any atom is 0.0642 e. The fourth-order valence-corrected chi connectivity index (χ4v) is 2.94. The molecule has 0 atom stereocenters. The van der Waals surface area contributed by atoms with Gasteiger partial charge in [-0.05, 0) is 56.9 Å². The fraction of sp³-hybridized carbons (Fsp3) is 0.333. The predicted molar refractivity (Wildman–Crippen MR) is 82.5 cm³/mol. The maximum atomic E-state index is 6.66. The highest BCUT2D eigenvalue weighted by atomic mass is 14.7. The molecule has 2 aromatic carbocycles. The average molecular weight is 253 g/mol. The van der Waals surface area contributed by atoms with Crippen LogP contribution in [0.15, 0.2) is 36.4 Å². The Labute approximate surface area is 116 Å². The van der Waals surface area contributed by atoms with Gasteiger partial charge in [-0.1, -0.05) is 47.5 Å². The van der Waals surface area contributed by atoms with Gasteiger partial charge in [-0.2, -0.15) is 0 Å². The quantitative estimate of drug-likeness (QED) is 0.855. The van der Waals surface area contributed by atoms with E-state index in [0.29, 0.717) is 0 Å². The van der Waals surface area contributed by atoms with Crippen LogP contribution in [0.5, 0.6) is 0 Å². The molecule has 1 heteroatoms. The molecule has 2 N–H and O–H groups in total. The summed E-state index contributed by atoms with van der Waals surface area (Å²) in [5, 5.41) is 0. The van der Waals surface area contributed by atoms with Crippen LogP contribution in [-0.2, 0) is 5.54 Å². The first-order valence-corrected chi connectivity index (χ1v) is 6.76. The molecular weight excluding hydrogens is 230 g/mol. The molecule has 1 nitrogen and oxygen atoms in total. The van der Waals surface area contributed by atoms with Crippen LogP contribution in [0, 0.1) is 27.7 Å². The number of benzene rings is 2. The highest BCUT2D eigenvalue weighted by molar-refractivity contribution is 5.46. The van der Waals surface area contributed by atoms with Gasteiger partial charge in [0, 0.05) is 0 Å². The van der Waals surface area contributed by atoms with Crippen LogP contribution in [0.3, 0.4) is 0 Å². The molecule has 0 saturated carbocycles. The molecule has 0 amide bonds. The van der Waals surface area contributed by atoms with Gasteiger partial charge in [0.05, 0.1) is 5.54 Å². The van der Waals surface area contributed by atoms with E-state index in [0.717, 1.165) is 0 Å². The fourth-order valence-electron chi connectivity index (χ4n) is 2.94. The summed E-state index contributed by atoms with van der Waals surface area (Å²) in [6.07, 6.45) is 0. The van der Waals surface area contributed by atoms with Crippen molar-refractivity contribution in [2.75, 3.05) is 0 Å². The van der Waals surface area contributed by atoms with E-state index in [1.54, 1.807) is 0 Å². The second-order valence-electron chi connectivity index (χ2n) is 5.84. The molecule has 0 saturated heterocycles. The van der Waals surface area contributed by atoms with Gasteiger partial charge in [0.15, 0.2) is 0 Å². The van der Waals surface area contributed by atoms with Gasteiger partial charge in [-0.25, -0.2) is 0 Å². The van der Waals surface area contributed by atoms with E-state index >= 15 is 0 Å². The van der Waals surface area contributed by atoms with E-state index in [-0.39, 0.29) is 0 Å². The van der Waals surface area contributed by atoms with E-state index in [1.165, 1.54) is 33.4 Å². The second kappa shape index (κ2) is 4.82. The largest absolute Gasteiger partial charge is 0.318 e. The first-order chi connectivity index (χ1) is 8.82. The Morgan fingerprint density at radius 3 is 1.42 bits per heavy atom. The number of hydrogen-bond acceptors (Lipinski definition) is 1.